The summed E-state index contributed by atoms with van der Waals surface area (Å²) < 4.78 is 5.74. The monoisotopic (exact) mass is 304 g/mol. The van der Waals surface area contributed by atoms with E-state index in [0.29, 0.717) is 12.6 Å². The van der Waals surface area contributed by atoms with E-state index in [0.717, 1.165) is 44.8 Å². The third kappa shape index (κ3) is 3.94. The van der Waals surface area contributed by atoms with Crippen molar-refractivity contribution >= 4 is 11.9 Å². The van der Waals surface area contributed by atoms with Crippen molar-refractivity contribution in [3.8, 4) is 0 Å². The highest BCUT2D eigenvalue weighted by atomic mass is 16.5. The number of carbonyl (C=O) groups excluding carboxylic acids is 1. The van der Waals surface area contributed by atoms with Crippen LogP contribution in [0.2, 0.25) is 0 Å². The molecule has 6 nitrogen and oxygen atoms in total. The van der Waals surface area contributed by atoms with Crippen LogP contribution < -0.4 is 4.90 Å². The van der Waals surface area contributed by atoms with E-state index in [-0.39, 0.29) is 12.5 Å². The van der Waals surface area contributed by atoms with E-state index in [1.54, 1.807) is 12.4 Å². The molecule has 0 aromatic carbocycles. The summed E-state index contributed by atoms with van der Waals surface area (Å²) in [5, 5.41) is 0. The first kappa shape index (κ1) is 15.2. The van der Waals surface area contributed by atoms with E-state index < -0.39 is 0 Å². The van der Waals surface area contributed by atoms with Gasteiger partial charge in [-0.3, -0.25) is 4.79 Å². The summed E-state index contributed by atoms with van der Waals surface area (Å²) >= 11 is 0. The Balaban J connectivity index is 1.48. The molecule has 2 aliphatic rings. The third-order valence-corrected chi connectivity index (χ3v) is 4.43. The Bertz CT molecular complexity index is 476. The van der Waals surface area contributed by atoms with Crippen molar-refractivity contribution < 1.29 is 9.53 Å². The molecule has 2 heterocycles. The van der Waals surface area contributed by atoms with Crippen molar-refractivity contribution in [1.82, 2.24) is 14.9 Å². The minimum atomic E-state index is 0.114. The maximum Gasteiger partial charge on any atom is 0.248 e. The van der Waals surface area contributed by atoms with Crippen molar-refractivity contribution in [3.05, 3.63) is 18.5 Å². The molecule has 2 fully saturated rings. The number of carbonyl (C=O) groups is 1. The van der Waals surface area contributed by atoms with Gasteiger partial charge in [-0.2, -0.15) is 0 Å². The van der Waals surface area contributed by atoms with Crippen LogP contribution in [0.15, 0.2) is 18.5 Å². The highest BCUT2D eigenvalue weighted by Gasteiger charge is 2.22. The maximum atomic E-state index is 12.3. The highest BCUT2D eigenvalue weighted by Crippen LogP contribution is 2.21. The first-order chi connectivity index (χ1) is 10.8. The van der Waals surface area contributed by atoms with Crippen molar-refractivity contribution in [2.45, 2.75) is 38.2 Å². The Hall–Kier alpha value is -1.69. The number of hydrogen-bond donors (Lipinski definition) is 0. The van der Waals surface area contributed by atoms with Gasteiger partial charge >= 0.3 is 0 Å². The summed E-state index contributed by atoms with van der Waals surface area (Å²) in [6.45, 7) is 3.39. The molecule has 3 rings (SSSR count). The molecule has 120 valence electrons. The number of amides is 1. The number of rotatable bonds is 4. The van der Waals surface area contributed by atoms with Gasteiger partial charge in [0.2, 0.25) is 11.9 Å². The second kappa shape index (κ2) is 7.54. The fourth-order valence-electron chi connectivity index (χ4n) is 3.16. The molecule has 0 N–H and O–H groups in total. The molecule has 0 bridgehead atoms. The number of aromatic nitrogens is 2. The minimum Gasteiger partial charge on any atom is -0.368 e. The van der Waals surface area contributed by atoms with Crippen LogP contribution in [0.25, 0.3) is 0 Å². The Morgan fingerprint density at radius 3 is 2.64 bits per heavy atom. The zero-order chi connectivity index (χ0) is 15.2. The van der Waals surface area contributed by atoms with Gasteiger partial charge < -0.3 is 14.5 Å². The molecule has 1 aromatic heterocycles. The molecule has 1 aliphatic heterocycles. The molecule has 1 saturated heterocycles. The molecule has 0 atom stereocenters. The van der Waals surface area contributed by atoms with Crippen LogP contribution in [0, 0.1) is 0 Å². The highest BCUT2D eigenvalue weighted by molar-refractivity contribution is 5.77. The van der Waals surface area contributed by atoms with E-state index in [1.807, 2.05) is 11.0 Å². The van der Waals surface area contributed by atoms with Crippen LogP contribution in [0.4, 0.5) is 5.95 Å². The molecule has 0 spiro atoms. The van der Waals surface area contributed by atoms with Crippen LogP contribution in [0.3, 0.4) is 0 Å². The Morgan fingerprint density at radius 2 is 1.86 bits per heavy atom. The summed E-state index contributed by atoms with van der Waals surface area (Å²) in [7, 11) is 0. The summed E-state index contributed by atoms with van der Waals surface area (Å²) in [5.41, 5.74) is 0. The summed E-state index contributed by atoms with van der Waals surface area (Å²) in [6, 6.07) is 1.82. The molecule has 1 amide bonds. The topological polar surface area (TPSA) is 58.6 Å². The molecule has 0 radical (unpaired) electrons. The van der Waals surface area contributed by atoms with Crippen LogP contribution in [-0.4, -0.2) is 59.7 Å². The SMILES string of the molecule is O=C(COC1CCCC1)N1CCCN(c2ncccn2)CC1. The minimum absolute atomic E-state index is 0.114. The lowest BCUT2D eigenvalue weighted by atomic mass is 10.3. The third-order valence-electron chi connectivity index (χ3n) is 4.43. The normalized spacial score (nSPS) is 20.2. The number of hydrogen-bond acceptors (Lipinski definition) is 5. The van der Waals surface area contributed by atoms with Gasteiger partial charge in [0.1, 0.15) is 6.61 Å². The summed E-state index contributed by atoms with van der Waals surface area (Å²) in [4.78, 5) is 24.9. The molecular weight excluding hydrogens is 280 g/mol. The van der Waals surface area contributed by atoms with Crippen molar-refractivity contribution in [1.29, 1.82) is 0 Å². The standard InChI is InChI=1S/C16H24N4O2/c21-15(13-22-14-5-1-2-6-14)19-9-4-10-20(12-11-19)16-17-7-3-8-18-16/h3,7-8,14H,1-2,4-6,9-13H2. The maximum absolute atomic E-state index is 12.3. The van der Waals surface area contributed by atoms with Crippen molar-refractivity contribution in [2.24, 2.45) is 0 Å². The molecule has 1 aliphatic carbocycles. The average molecular weight is 304 g/mol. The Kier molecular flexibility index (Phi) is 5.21. The lowest BCUT2D eigenvalue weighted by Crippen LogP contribution is -2.38. The second-order valence-electron chi connectivity index (χ2n) is 5.99. The van der Waals surface area contributed by atoms with Gasteiger partial charge in [0.25, 0.3) is 0 Å². The second-order valence-corrected chi connectivity index (χ2v) is 5.99. The molecular formula is C16H24N4O2. The number of nitrogens with zero attached hydrogens (tertiary/aromatic N) is 4. The van der Waals surface area contributed by atoms with Gasteiger partial charge in [-0.15, -0.1) is 0 Å². The predicted molar refractivity (Wildman–Crippen MR) is 83.7 cm³/mol. The van der Waals surface area contributed by atoms with Crippen LogP contribution in [-0.2, 0) is 9.53 Å². The zero-order valence-corrected chi connectivity index (χ0v) is 13.0. The van der Waals surface area contributed by atoms with Gasteiger partial charge in [0.05, 0.1) is 6.10 Å². The average Bonchev–Trinajstić information content (AvgIpc) is 2.96. The quantitative estimate of drug-likeness (QED) is 0.843. The smallest absolute Gasteiger partial charge is 0.248 e. The number of anilines is 1. The first-order valence-corrected chi connectivity index (χ1v) is 8.24. The molecule has 0 unspecified atom stereocenters. The largest absolute Gasteiger partial charge is 0.368 e. The Labute approximate surface area is 131 Å². The Morgan fingerprint density at radius 1 is 1.09 bits per heavy atom. The van der Waals surface area contributed by atoms with E-state index in [1.165, 1.54) is 12.8 Å². The first-order valence-electron chi connectivity index (χ1n) is 8.24. The van der Waals surface area contributed by atoms with Gasteiger partial charge in [0.15, 0.2) is 0 Å². The van der Waals surface area contributed by atoms with Crippen LogP contribution >= 0.6 is 0 Å². The molecule has 1 saturated carbocycles. The lowest BCUT2D eigenvalue weighted by Gasteiger charge is -2.22. The van der Waals surface area contributed by atoms with E-state index in [9.17, 15) is 4.79 Å². The predicted octanol–water partition coefficient (Wildman–Crippen LogP) is 1.47. The lowest BCUT2D eigenvalue weighted by molar-refractivity contribution is -0.137. The van der Waals surface area contributed by atoms with Gasteiger partial charge in [-0.05, 0) is 25.3 Å². The van der Waals surface area contributed by atoms with Gasteiger partial charge in [-0.1, -0.05) is 12.8 Å². The van der Waals surface area contributed by atoms with E-state index >= 15 is 0 Å². The van der Waals surface area contributed by atoms with E-state index in [4.69, 9.17) is 4.74 Å². The summed E-state index contributed by atoms with van der Waals surface area (Å²) in [5.74, 6) is 0.863. The fourth-order valence-corrected chi connectivity index (χ4v) is 3.16. The number of ether oxygens (including phenoxy) is 1. The van der Waals surface area contributed by atoms with Gasteiger partial charge in [-0.25, -0.2) is 9.97 Å². The van der Waals surface area contributed by atoms with Crippen molar-refractivity contribution in [2.75, 3.05) is 37.7 Å². The molecule has 1 aromatic rings. The molecule has 22 heavy (non-hydrogen) atoms. The van der Waals surface area contributed by atoms with E-state index in [2.05, 4.69) is 14.9 Å². The fraction of sp³-hybridized carbons (Fsp3) is 0.688. The summed E-state index contributed by atoms with van der Waals surface area (Å²) in [6.07, 6.45) is 9.41. The van der Waals surface area contributed by atoms with Crippen LogP contribution in [0.1, 0.15) is 32.1 Å². The molecule has 6 heteroatoms. The zero-order valence-electron chi connectivity index (χ0n) is 13.0. The van der Waals surface area contributed by atoms with Gasteiger partial charge in [0, 0.05) is 38.6 Å². The van der Waals surface area contributed by atoms with Crippen molar-refractivity contribution in [3.63, 3.8) is 0 Å². The van der Waals surface area contributed by atoms with Crippen LogP contribution in [0.5, 0.6) is 0 Å².